The van der Waals surface area contributed by atoms with Crippen molar-refractivity contribution in [3.8, 4) is 0 Å². The molecule has 0 spiro atoms. The molecule has 0 aliphatic heterocycles. The Morgan fingerprint density at radius 3 is 1.63 bits per heavy atom. The van der Waals surface area contributed by atoms with Gasteiger partial charge in [0.05, 0.1) is 0 Å². The van der Waals surface area contributed by atoms with Gasteiger partial charge in [-0.3, -0.25) is 0 Å². The highest BCUT2D eigenvalue weighted by Gasteiger charge is 2.42. The lowest BCUT2D eigenvalue weighted by Crippen LogP contribution is -2.18. The zero-order chi connectivity index (χ0) is 15.0. The van der Waals surface area contributed by atoms with E-state index in [0.717, 1.165) is 0 Å². The van der Waals surface area contributed by atoms with E-state index in [1.165, 1.54) is 0 Å². The molecule has 0 aliphatic rings. The van der Waals surface area contributed by atoms with Crippen LogP contribution in [-0.4, -0.2) is 10.2 Å². The number of rotatable bonds is 3. The summed E-state index contributed by atoms with van der Waals surface area (Å²) in [5.74, 6) is -8.93. The van der Waals surface area contributed by atoms with E-state index in [2.05, 4.69) is 31.9 Å². The van der Waals surface area contributed by atoms with Crippen LogP contribution in [0.5, 0.6) is 0 Å². The molecule has 1 atom stereocenters. The van der Waals surface area contributed by atoms with Crippen LogP contribution in [0.1, 0.15) is 11.1 Å². The van der Waals surface area contributed by atoms with Crippen LogP contribution < -0.4 is 0 Å². The number of halogens is 9. The van der Waals surface area contributed by atoms with Crippen molar-refractivity contribution in [3.05, 3.63) is 34.4 Å². The van der Waals surface area contributed by atoms with E-state index in [-0.39, 0.29) is 5.33 Å². The molecule has 1 rings (SSSR count). The van der Waals surface area contributed by atoms with Crippen LogP contribution in [-0.2, 0) is 12.6 Å². The molecule has 0 aliphatic carbocycles. The predicted molar refractivity (Wildman–Crippen MR) is 61.5 cm³/mol. The lowest BCUT2D eigenvalue weighted by Gasteiger charge is -2.15. The molecule has 0 radical (unpaired) electrons. The zero-order valence-electron chi connectivity index (χ0n) is 8.89. The maximum atomic E-state index is 13.4. The highest BCUT2D eigenvalue weighted by molar-refractivity contribution is 9.12. The summed E-state index contributed by atoms with van der Waals surface area (Å²) >= 11 is 5.89. The molecule has 1 aromatic carbocycles. The zero-order valence-corrected chi connectivity index (χ0v) is 12.1. The molecule has 0 aromatic heterocycles. The fourth-order valence-corrected chi connectivity index (χ4v) is 1.93. The van der Waals surface area contributed by atoms with Gasteiger partial charge in [-0.1, -0.05) is 31.9 Å². The smallest absolute Gasteiger partial charge is 0.203 e. The Kier molecular flexibility index (Phi) is 5.28. The van der Waals surface area contributed by atoms with Crippen molar-refractivity contribution in [2.75, 3.05) is 5.33 Å². The van der Waals surface area contributed by atoms with Crippen LogP contribution >= 0.6 is 31.9 Å². The molecule has 0 fully saturated rings. The fraction of sp³-hybridized carbons (Fsp3) is 0.400. The average molecular weight is 418 g/mol. The van der Waals surface area contributed by atoms with Gasteiger partial charge in [0.1, 0.15) is 5.56 Å². The second-order valence-electron chi connectivity index (χ2n) is 3.56. The molecule has 1 aromatic rings. The van der Waals surface area contributed by atoms with Crippen LogP contribution in [0.15, 0.2) is 0 Å². The van der Waals surface area contributed by atoms with Crippen LogP contribution in [0.25, 0.3) is 0 Å². The summed E-state index contributed by atoms with van der Waals surface area (Å²) in [6.07, 6.45) is -6.02. The molecule has 0 saturated heterocycles. The first-order valence-corrected chi connectivity index (χ1v) is 6.77. The summed E-state index contributed by atoms with van der Waals surface area (Å²) in [5, 5.41) is 0.191. The van der Waals surface area contributed by atoms with Gasteiger partial charge in [0.25, 0.3) is 0 Å². The van der Waals surface area contributed by atoms with Gasteiger partial charge in [-0.15, -0.1) is 0 Å². The Hall–Kier alpha value is -0.310. The molecule has 108 valence electrons. The molecule has 19 heavy (non-hydrogen) atoms. The average Bonchev–Trinajstić information content (AvgIpc) is 2.30. The second-order valence-corrected chi connectivity index (χ2v) is 5.51. The Balaban J connectivity index is 3.48. The lowest BCUT2D eigenvalue weighted by molar-refractivity contribution is -0.143. The predicted octanol–water partition coefficient (Wildman–Crippen LogP) is 4.96. The van der Waals surface area contributed by atoms with E-state index in [1.54, 1.807) is 0 Å². The molecule has 0 N–H and O–H groups in total. The van der Waals surface area contributed by atoms with Crippen molar-refractivity contribution in [1.82, 2.24) is 0 Å². The SMILES string of the molecule is Fc1c(F)c(C(F)(F)F)c(F)c(F)c1CC(Br)CBr. The minimum absolute atomic E-state index is 0.191. The number of alkyl halides is 5. The Bertz CT molecular complexity index is 455. The van der Waals surface area contributed by atoms with Crippen molar-refractivity contribution in [3.63, 3.8) is 0 Å². The minimum atomic E-state index is -5.52. The van der Waals surface area contributed by atoms with Crippen LogP contribution in [0, 0.1) is 23.3 Å². The van der Waals surface area contributed by atoms with Gasteiger partial charge >= 0.3 is 6.18 Å². The first-order valence-electron chi connectivity index (χ1n) is 4.73. The first-order chi connectivity index (χ1) is 8.61. The van der Waals surface area contributed by atoms with Crippen LogP contribution in [0.3, 0.4) is 0 Å². The molecule has 0 nitrogen and oxygen atoms in total. The van der Waals surface area contributed by atoms with Gasteiger partial charge < -0.3 is 0 Å². The highest BCUT2D eigenvalue weighted by atomic mass is 79.9. The summed E-state index contributed by atoms with van der Waals surface area (Å²) in [7, 11) is 0. The fourth-order valence-electron chi connectivity index (χ4n) is 1.38. The van der Waals surface area contributed by atoms with E-state index in [0.29, 0.717) is 0 Å². The number of benzene rings is 1. The maximum Gasteiger partial charge on any atom is 0.422 e. The Morgan fingerprint density at radius 1 is 0.895 bits per heavy atom. The highest BCUT2D eigenvalue weighted by Crippen LogP contribution is 2.37. The van der Waals surface area contributed by atoms with Crippen LogP contribution in [0.4, 0.5) is 30.7 Å². The molecule has 9 heteroatoms. The third-order valence-electron chi connectivity index (χ3n) is 2.23. The van der Waals surface area contributed by atoms with E-state index in [9.17, 15) is 30.7 Å². The summed E-state index contributed by atoms with van der Waals surface area (Å²) in [6, 6.07) is 0. The third kappa shape index (κ3) is 3.42. The molecule has 0 saturated carbocycles. The molecule has 0 bridgehead atoms. The van der Waals surface area contributed by atoms with Crippen LogP contribution in [0.2, 0.25) is 0 Å². The van der Waals surface area contributed by atoms with Gasteiger partial charge in [0.15, 0.2) is 23.3 Å². The monoisotopic (exact) mass is 416 g/mol. The van der Waals surface area contributed by atoms with Gasteiger partial charge in [-0.05, 0) is 6.42 Å². The Morgan fingerprint density at radius 2 is 1.32 bits per heavy atom. The lowest BCUT2D eigenvalue weighted by atomic mass is 10.0. The molecule has 0 amide bonds. The molecule has 1 unspecified atom stereocenters. The van der Waals surface area contributed by atoms with Crippen molar-refractivity contribution in [2.24, 2.45) is 0 Å². The van der Waals surface area contributed by atoms with Gasteiger partial charge in [0, 0.05) is 15.7 Å². The summed E-state index contributed by atoms with van der Waals surface area (Å²) in [4.78, 5) is -0.591. The maximum absolute atomic E-state index is 13.4. The van der Waals surface area contributed by atoms with Gasteiger partial charge in [0.2, 0.25) is 0 Å². The summed E-state index contributed by atoms with van der Waals surface area (Å²) in [6.45, 7) is 0. The molecule has 0 heterocycles. The van der Waals surface area contributed by atoms with E-state index in [4.69, 9.17) is 0 Å². The standard InChI is InChI=1S/C10H5Br2F7/c11-2-3(12)1-4-6(13)8(15)5(10(17,18)19)9(16)7(4)14/h3H,1-2H2. The third-order valence-corrected chi connectivity index (χ3v) is 4.53. The van der Waals surface area contributed by atoms with E-state index < -0.39 is 51.8 Å². The number of hydrogen-bond acceptors (Lipinski definition) is 0. The summed E-state index contributed by atoms with van der Waals surface area (Å²) < 4.78 is 90.2. The summed E-state index contributed by atoms with van der Waals surface area (Å²) in [5.41, 5.74) is -3.62. The van der Waals surface area contributed by atoms with Gasteiger partial charge in [-0.25, -0.2) is 17.6 Å². The van der Waals surface area contributed by atoms with Crippen molar-refractivity contribution in [2.45, 2.75) is 17.4 Å². The van der Waals surface area contributed by atoms with Crippen molar-refractivity contribution < 1.29 is 30.7 Å². The van der Waals surface area contributed by atoms with Gasteiger partial charge in [-0.2, -0.15) is 13.2 Å². The number of hydrogen-bond donors (Lipinski definition) is 0. The van der Waals surface area contributed by atoms with E-state index in [1.807, 2.05) is 0 Å². The van der Waals surface area contributed by atoms with E-state index >= 15 is 0 Å². The van der Waals surface area contributed by atoms with Crippen molar-refractivity contribution >= 4 is 31.9 Å². The quantitative estimate of drug-likeness (QED) is 0.370. The normalized spacial score (nSPS) is 13.7. The second kappa shape index (κ2) is 5.99. The largest absolute Gasteiger partial charge is 0.422 e. The molecular weight excluding hydrogens is 413 g/mol. The Labute approximate surface area is 120 Å². The topological polar surface area (TPSA) is 0 Å². The minimum Gasteiger partial charge on any atom is -0.203 e. The van der Waals surface area contributed by atoms with Crippen molar-refractivity contribution in [1.29, 1.82) is 0 Å². The molecular formula is C10H5Br2F7. The first kappa shape index (κ1) is 16.7.